The predicted octanol–water partition coefficient (Wildman–Crippen LogP) is 4.86. The molecule has 0 radical (unpaired) electrons. The minimum absolute atomic E-state index is 0.0958. The van der Waals surface area contributed by atoms with Crippen LogP contribution in [0.5, 0.6) is 0 Å². The lowest BCUT2D eigenvalue weighted by molar-refractivity contribution is -0.139. The van der Waals surface area contributed by atoms with Crippen LogP contribution in [0.25, 0.3) is 11.1 Å². The number of alkyl carbamates (subject to hydrolysis) is 1. The fourth-order valence-electron chi connectivity index (χ4n) is 4.72. The first kappa shape index (κ1) is 28.2. The molecule has 0 aliphatic heterocycles. The lowest BCUT2D eigenvalue weighted by Crippen LogP contribution is -2.41. The molecule has 200 valence electrons. The summed E-state index contributed by atoms with van der Waals surface area (Å²) in [6, 6.07) is 15.0. The molecule has 0 saturated heterocycles. The molecule has 3 rings (SSSR count). The van der Waals surface area contributed by atoms with Crippen molar-refractivity contribution >= 4 is 18.0 Å². The fraction of sp³-hybridized carbons (Fsp3) is 0.483. The van der Waals surface area contributed by atoms with Gasteiger partial charge in [-0.3, -0.25) is 4.79 Å². The summed E-state index contributed by atoms with van der Waals surface area (Å²) in [5, 5.41) is 14.8. The number of amides is 2. The van der Waals surface area contributed by atoms with Gasteiger partial charge in [-0.25, -0.2) is 9.59 Å². The van der Waals surface area contributed by atoms with Gasteiger partial charge >= 0.3 is 12.1 Å². The van der Waals surface area contributed by atoms with Crippen molar-refractivity contribution in [3.8, 4) is 11.1 Å². The molecule has 1 aliphatic carbocycles. The zero-order chi connectivity index (χ0) is 27.0. The maximum absolute atomic E-state index is 12.5. The van der Waals surface area contributed by atoms with Gasteiger partial charge in [-0.15, -0.1) is 0 Å². The Labute approximate surface area is 218 Å². The van der Waals surface area contributed by atoms with Gasteiger partial charge in [0.2, 0.25) is 5.91 Å². The van der Waals surface area contributed by atoms with Crippen molar-refractivity contribution in [2.24, 2.45) is 0 Å². The number of carbonyl (C=O) groups excluding carboxylic acids is 2. The lowest BCUT2D eigenvalue weighted by Gasteiger charge is -2.24. The van der Waals surface area contributed by atoms with Gasteiger partial charge in [0.25, 0.3) is 0 Å². The van der Waals surface area contributed by atoms with Gasteiger partial charge < -0.3 is 25.2 Å². The maximum Gasteiger partial charge on any atom is 0.407 e. The molecule has 8 heteroatoms. The van der Waals surface area contributed by atoms with Crippen molar-refractivity contribution in [1.29, 1.82) is 0 Å². The third kappa shape index (κ3) is 8.32. The van der Waals surface area contributed by atoms with Crippen molar-refractivity contribution in [3.05, 3.63) is 59.7 Å². The first-order valence-corrected chi connectivity index (χ1v) is 12.8. The predicted molar refractivity (Wildman–Crippen MR) is 141 cm³/mol. The molecule has 0 aromatic heterocycles. The lowest BCUT2D eigenvalue weighted by atomic mass is 9.98. The SMILES string of the molecule is C[C@@H](CC(=O)NCCCC[C@H](NC(=O)OCC1c2ccccc2-c2ccccc21)C(=O)O)OC(C)(C)C. The average Bonchev–Trinajstić information content (AvgIpc) is 3.14. The standard InChI is InChI=1S/C29H38N2O6/c1-19(37-29(2,3)4)17-26(32)30-16-10-9-15-25(27(33)34)31-28(35)36-18-24-22-13-7-5-11-20(22)21-12-6-8-14-23(21)24/h5-8,11-14,19,24-25H,9-10,15-18H2,1-4H3,(H,30,32)(H,31,35)(H,33,34)/t19-,25-/m0/s1. The second kappa shape index (κ2) is 12.7. The topological polar surface area (TPSA) is 114 Å². The Balaban J connectivity index is 1.41. The molecule has 2 aromatic rings. The monoisotopic (exact) mass is 510 g/mol. The minimum atomic E-state index is -1.12. The number of carboxylic acids is 1. The Morgan fingerprint density at radius 2 is 1.57 bits per heavy atom. The highest BCUT2D eigenvalue weighted by Gasteiger charge is 2.29. The molecule has 1 aliphatic rings. The summed E-state index contributed by atoms with van der Waals surface area (Å²) in [5.74, 6) is -1.32. The number of benzene rings is 2. The fourth-order valence-corrected chi connectivity index (χ4v) is 4.72. The molecule has 8 nitrogen and oxygen atoms in total. The number of ether oxygens (including phenoxy) is 2. The molecule has 0 saturated carbocycles. The van der Waals surface area contributed by atoms with Gasteiger partial charge in [0.05, 0.1) is 18.1 Å². The number of hydrogen-bond donors (Lipinski definition) is 3. The number of carboxylic acid groups (broad SMARTS) is 1. The van der Waals surface area contributed by atoms with Crippen LogP contribution in [0.1, 0.15) is 70.4 Å². The largest absolute Gasteiger partial charge is 0.480 e. The highest BCUT2D eigenvalue weighted by molar-refractivity contribution is 5.81. The Morgan fingerprint density at radius 1 is 0.973 bits per heavy atom. The van der Waals surface area contributed by atoms with E-state index in [1.54, 1.807) is 0 Å². The summed E-state index contributed by atoms with van der Waals surface area (Å²) < 4.78 is 11.2. The van der Waals surface area contributed by atoms with Gasteiger partial charge in [-0.1, -0.05) is 48.5 Å². The van der Waals surface area contributed by atoms with Crippen LogP contribution in [-0.4, -0.2) is 54.0 Å². The second-order valence-electron chi connectivity index (χ2n) is 10.5. The van der Waals surface area contributed by atoms with Crippen LogP contribution in [0.3, 0.4) is 0 Å². The van der Waals surface area contributed by atoms with E-state index in [0.717, 1.165) is 22.3 Å². The normalized spacial score (nSPS) is 14.3. The van der Waals surface area contributed by atoms with Crippen molar-refractivity contribution < 1.29 is 29.0 Å². The summed E-state index contributed by atoms with van der Waals surface area (Å²) >= 11 is 0. The molecule has 0 bridgehead atoms. The molecular formula is C29H38N2O6. The van der Waals surface area contributed by atoms with Crippen molar-refractivity contribution in [2.45, 2.75) is 77.0 Å². The van der Waals surface area contributed by atoms with Gasteiger partial charge in [0.1, 0.15) is 12.6 Å². The van der Waals surface area contributed by atoms with E-state index in [1.165, 1.54) is 0 Å². The Kier molecular flexibility index (Phi) is 9.69. The Hall–Kier alpha value is -3.39. The van der Waals surface area contributed by atoms with E-state index in [4.69, 9.17) is 9.47 Å². The van der Waals surface area contributed by atoms with Crippen molar-refractivity contribution in [1.82, 2.24) is 10.6 Å². The van der Waals surface area contributed by atoms with E-state index in [-0.39, 0.29) is 43.0 Å². The number of rotatable bonds is 12. The van der Waals surface area contributed by atoms with E-state index in [2.05, 4.69) is 22.8 Å². The summed E-state index contributed by atoms with van der Waals surface area (Å²) in [6.45, 7) is 8.23. The van der Waals surface area contributed by atoms with E-state index < -0.39 is 18.1 Å². The highest BCUT2D eigenvalue weighted by atomic mass is 16.5. The molecule has 3 N–H and O–H groups in total. The van der Waals surface area contributed by atoms with Gasteiger partial charge in [-0.05, 0) is 69.2 Å². The van der Waals surface area contributed by atoms with Crippen LogP contribution in [0.15, 0.2) is 48.5 Å². The van der Waals surface area contributed by atoms with Crippen LogP contribution < -0.4 is 10.6 Å². The van der Waals surface area contributed by atoms with Crippen LogP contribution in [0.2, 0.25) is 0 Å². The second-order valence-corrected chi connectivity index (χ2v) is 10.5. The molecule has 0 fully saturated rings. The summed E-state index contributed by atoms with van der Waals surface area (Å²) in [7, 11) is 0. The molecule has 0 heterocycles. The summed E-state index contributed by atoms with van der Waals surface area (Å²) in [6.07, 6.45) is 0.663. The third-order valence-electron chi connectivity index (χ3n) is 6.20. The average molecular weight is 511 g/mol. The van der Waals surface area contributed by atoms with E-state index in [1.807, 2.05) is 64.1 Å². The Morgan fingerprint density at radius 3 is 2.14 bits per heavy atom. The summed E-state index contributed by atoms with van der Waals surface area (Å²) in [4.78, 5) is 36.2. The number of unbranched alkanes of at least 4 members (excludes halogenated alkanes) is 1. The molecule has 0 unspecified atom stereocenters. The first-order chi connectivity index (χ1) is 17.5. The van der Waals surface area contributed by atoms with Crippen molar-refractivity contribution in [2.75, 3.05) is 13.2 Å². The van der Waals surface area contributed by atoms with Crippen LogP contribution in [0.4, 0.5) is 4.79 Å². The molecule has 2 aromatic carbocycles. The quantitative estimate of drug-likeness (QED) is 0.352. The highest BCUT2D eigenvalue weighted by Crippen LogP contribution is 2.44. The van der Waals surface area contributed by atoms with Crippen LogP contribution in [0, 0.1) is 0 Å². The summed E-state index contributed by atoms with van der Waals surface area (Å²) in [5.41, 5.74) is 4.11. The third-order valence-corrected chi connectivity index (χ3v) is 6.20. The van der Waals surface area contributed by atoms with E-state index in [9.17, 15) is 19.5 Å². The van der Waals surface area contributed by atoms with E-state index >= 15 is 0 Å². The molecular weight excluding hydrogens is 472 g/mol. The Bertz CT molecular complexity index is 1050. The van der Waals surface area contributed by atoms with Crippen LogP contribution in [-0.2, 0) is 19.1 Å². The number of carbonyl (C=O) groups is 3. The molecule has 2 atom stereocenters. The minimum Gasteiger partial charge on any atom is -0.480 e. The number of aliphatic carboxylic acids is 1. The maximum atomic E-state index is 12.5. The van der Waals surface area contributed by atoms with Gasteiger partial charge in [0, 0.05) is 12.5 Å². The number of fused-ring (bicyclic) bond motifs is 3. The molecule has 2 amide bonds. The number of nitrogens with one attached hydrogen (secondary N) is 2. The smallest absolute Gasteiger partial charge is 0.407 e. The van der Waals surface area contributed by atoms with Gasteiger partial charge in [-0.2, -0.15) is 0 Å². The zero-order valence-electron chi connectivity index (χ0n) is 22.1. The molecule has 37 heavy (non-hydrogen) atoms. The number of hydrogen-bond acceptors (Lipinski definition) is 5. The van der Waals surface area contributed by atoms with Crippen molar-refractivity contribution in [3.63, 3.8) is 0 Å². The zero-order valence-corrected chi connectivity index (χ0v) is 22.1. The van der Waals surface area contributed by atoms with E-state index in [0.29, 0.717) is 19.4 Å². The van der Waals surface area contributed by atoms with Crippen LogP contribution >= 0.6 is 0 Å². The first-order valence-electron chi connectivity index (χ1n) is 12.8. The molecule has 0 spiro atoms. The van der Waals surface area contributed by atoms with Gasteiger partial charge in [0.15, 0.2) is 0 Å².